The zero-order valence-electron chi connectivity index (χ0n) is 14.7. The van der Waals surface area contributed by atoms with Gasteiger partial charge in [-0.05, 0) is 48.5 Å². The van der Waals surface area contributed by atoms with Crippen LogP contribution in [0.25, 0.3) is 16.7 Å². The van der Waals surface area contributed by atoms with E-state index in [9.17, 15) is 4.79 Å². The van der Waals surface area contributed by atoms with Crippen LogP contribution in [0.5, 0.6) is 5.75 Å². The monoisotopic (exact) mass is 358 g/mol. The molecule has 0 atom stereocenters. The molecule has 4 rings (SSSR count). The number of aromatic nitrogens is 2. The average molecular weight is 358 g/mol. The lowest BCUT2D eigenvalue weighted by Crippen LogP contribution is -2.13. The Morgan fingerprint density at radius 1 is 1.07 bits per heavy atom. The van der Waals surface area contributed by atoms with Crippen molar-refractivity contribution in [2.24, 2.45) is 0 Å². The van der Waals surface area contributed by atoms with Crippen LogP contribution in [0, 0.1) is 0 Å². The van der Waals surface area contributed by atoms with Gasteiger partial charge in [-0.1, -0.05) is 12.1 Å². The standard InChI is InChI=1S/C21H18N4O2/c1-27-16-10-11-20-19(12-16)23-13-25(20)15-8-6-14(7-9-15)24-21(26)17-4-2-3-5-18(17)22/h2-13H,22H2,1H3,(H,24,26). The summed E-state index contributed by atoms with van der Waals surface area (Å²) in [6, 6.07) is 20.3. The fourth-order valence-electron chi connectivity index (χ4n) is 2.93. The largest absolute Gasteiger partial charge is 0.497 e. The van der Waals surface area contributed by atoms with Gasteiger partial charge in [-0.15, -0.1) is 0 Å². The van der Waals surface area contributed by atoms with Gasteiger partial charge in [0.05, 0.1) is 23.7 Å². The van der Waals surface area contributed by atoms with Gasteiger partial charge in [0, 0.05) is 23.1 Å². The number of nitrogens with one attached hydrogen (secondary N) is 1. The van der Waals surface area contributed by atoms with E-state index in [2.05, 4.69) is 10.3 Å². The SMILES string of the molecule is COc1ccc2c(c1)ncn2-c1ccc(NC(=O)c2ccccc2N)cc1. The molecule has 3 aromatic carbocycles. The molecular formula is C21H18N4O2. The Hall–Kier alpha value is -3.80. The number of anilines is 2. The number of carbonyl (C=O) groups is 1. The second kappa shape index (κ2) is 6.84. The molecule has 4 aromatic rings. The molecule has 134 valence electrons. The van der Waals surface area contributed by atoms with Crippen LogP contribution in [-0.4, -0.2) is 22.6 Å². The number of rotatable bonds is 4. The first kappa shape index (κ1) is 16.7. The smallest absolute Gasteiger partial charge is 0.257 e. The molecule has 0 aliphatic heterocycles. The van der Waals surface area contributed by atoms with E-state index >= 15 is 0 Å². The van der Waals surface area contributed by atoms with Gasteiger partial charge in [0.25, 0.3) is 5.91 Å². The molecular weight excluding hydrogens is 340 g/mol. The summed E-state index contributed by atoms with van der Waals surface area (Å²) in [7, 11) is 1.63. The maximum atomic E-state index is 12.4. The van der Waals surface area contributed by atoms with E-state index in [0.717, 1.165) is 22.5 Å². The number of ether oxygens (including phenoxy) is 1. The highest BCUT2D eigenvalue weighted by molar-refractivity contribution is 6.07. The third-order valence-electron chi connectivity index (χ3n) is 4.36. The van der Waals surface area contributed by atoms with Crippen molar-refractivity contribution in [2.45, 2.75) is 0 Å². The number of nitrogens with zero attached hydrogens (tertiary/aromatic N) is 2. The summed E-state index contributed by atoms with van der Waals surface area (Å²) in [5.74, 6) is 0.534. The van der Waals surface area contributed by atoms with Crippen molar-refractivity contribution in [1.82, 2.24) is 9.55 Å². The molecule has 0 aliphatic rings. The number of hydrogen-bond donors (Lipinski definition) is 2. The molecule has 6 heteroatoms. The molecule has 6 nitrogen and oxygen atoms in total. The van der Waals surface area contributed by atoms with Crippen LogP contribution in [0.1, 0.15) is 10.4 Å². The predicted octanol–water partition coefficient (Wildman–Crippen LogP) is 3.87. The molecule has 1 aromatic heterocycles. The number of carbonyl (C=O) groups excluding carboxylic acids is 1. The number of amides is 1. The first-order valence-electron chi connectivity index (χ1n) is 8.43. The van der Waals surface area contributed by atoms with Crippen LogP contribution >= 0.6 is 0 Å². The van der Waals surface area contributed by atoms with Crippen LogP contribution in [0.3, 0.4) is 0 Å². The molecule has 0 saturated carbocycles. The van der Waals surface area contributed by atoms with Gasteiger partial charge < -0.3 is 15.8 Å². The maximum absolute atomic E-state index is 12.4. The quantitative estimate of drug-likeness (QED) is 0.543. The van der Waals surface area contributed by atoms with Crippen molar-refractivity contribution in [3.8, 4) is 11.4 Å². The summed E-state index contributed by atoms with van der Waals surface area (Å²) < 4.78 is 7.22. The number of benzene rings is 3. The highest BCUT2D eigenvalue weighted by Crippen LogP contribution is 2.23. The van der Waals surface area contributed by atoms with Crippen molar-refractivity contribution < 1.29 is 9.53 Å². The highest BCUT2D eigenvalue weighted by atomic mass is 16.5. The molecule has 0 fully saturated rings. The predicted molar refractivity (Wildman–Crippen MR) is 106 cm³/mol. The van der Waals surface area contributed by atoms with Gasteiger partial charge in [0.2, 0.25) is 0 Å². The van der Waals surface area contributed by atoms with Gasteiger partial charge in [-0.2, -0.15) is 0 Å². The molecule has 1 heterocycles. The van der Waals surface area contributed by atoms with Gasteiger partial charge in [0.1, 0.15) is 12.1 Å². The topological polar surface area (TPSA) is 82.2 Å². The second-order valence-electron chi connectivity index (χ2n) is 6.06. The van der Waals surface area contributed by atoms with Crippen molar-refractivity contribution in [3.63, 3.8) is 0 Å². The molecule has 3 N–H and O–H groups in total. The van der Waals surface area contributed by atoms with E-state index in [1.54, 1.807) is 37.7 Å². The van der Waals surface area contributed by atoms with E-state index in [-0.39, 0.29) is 5.91 Å². The van der Waals surface area contributed by atoms with Crippen molar-refractivity contribution >= 4 is 28.3 Å². The number of nitrogens with two attached hydrogens (primary N) is 1. The van der Waals surface area contributed by atoms with Crippen LogP contribution in [-0.2, 0) is 0 Å². The number of para-hydroxylation sites is 1. The minimum atomic E-state index is -0.235. The molecule has 0 radical (unpaired) electrons. The van der Waals surface area contributed by atoms with E-state index in [0.29, 0.717) is 16.9 Å². The van der Waals surface area contributed by atoms with Crippen molar-refractivity contribution in [3.05, 3.63) is 78.6 Å². The molecule has 0 saturated heterocycles. The normalized spacial score (nSPS) is 10.7. The van der Waals surface area contributed by atoms with Crippen LogP contribution in [0.2, 0.25) is 0 Å². The minimum absolute atomic E-state index is 0.235. The van der Waals surface area contributed by atoms with E-state index in [4.69, 9.17) is 10.5 Å². The number of imidazole rings is 1. The zero-order valence-corrected chi connectivity index (χ0v) is 14.7. The Morgan fingerprint density at radius 2 is 1.85 bits per heavy atom. The molecule has 0 unspecified atom stereocenters. The molecule has 0 bridgehead atoms. The summed E-state index contributed by atoms with van der Waals surface area (Å²) in [5, 5.41) is 2.86. The van der Waals surface area contributed by atoms with Crippen LogP contribution in [0.15, 0.2) is 73.1 Å². The van der Waals surface area contributed by atoms with Crippen LogP contribution in [0.4, 0.5) is 11.4 Å². The third-order valence-corrected chi connectivity index (χ3v) is 4.36. The molecule has 0 spiro atoms. The van der Waals surface area contributed by atoms with E-state index in [1.807, 2.05) is 47.0 Å². The lowest BCUT2D eigenvalue weighted by molar-refractivity contribution is 0.102. The summed E-state index contributed by atoms with van der Waals surface area (Å²) in [6.07, 6.45) is 1.77. The Bertz CT molecular complexity index is 1120. The molecule has 27 heavy (non-hydrogen) atoms. The van der Waals surface area contributed by atoms with E-state index < -0.39 is 0 Å². The zero-order chi connectivity index (χ0) is 18.8. The average Bonchev–Trinajstić information content (AvgIpc) is 3.12. The van der Waals surface area contributed by atoms with Gasteiger partial charge in [0.15, 0.2) is 0 Å². The Kier molecular flexibility index (Phi) is 4.22. The van der Waals surface area contributed by atoms with Gasteiger partial charge in [-0.3, -0.25) is 9.36 Å². The summed E-state index contributed by atoms with van der Waals surface area (Å²) in [6.45, 7) is 0. The summed E-state index contributed by atoms with van der Waals surface area (Å²) >= 11 is 0. The Balaban J connectivity index is 1.58. The number of hydrogen-bond acceptors (Lipinski definition) is 4. The van der Waals surface area contributed by atoms with Crippen LogP contribution < -0.4 is 15.8 Å². The fourth-order valence-corrected chi connectivity index (χ4v) is 2.93. The van der Waals surface area contributed by atoms with Crippen molar-refractivity contribution in [1.29, 1.82) is 0 Å². The summed E-state index contributed by atoms with van der Waals surface area (Å²) in [5.41, 5.74) is 10.2. The van der Waals surface area contributed by atoms with Gasteiger partial charge in [-0.25, -0.2) is 4.98 Å². The lowest BCUT2D eigenvalue weighted by atomic mass is 10.1. The van der Waals surface area contributed by atoms with Gasteiger partial charge >= 0.3 is 0 Å². The second-order valence-corrected chi connectivity index (χ2v) is 6.06. The third kappa shape index (κ3) is 3.20. The van der Waals surface area contributed by atoms with Crippen molar-refractivity contribution in [2.75, 3.05) is 18.2 Å². The number of nitrogen functional groups attached to an aromatic ring is 1. The molecule has 0 aliphatic carbocycles. The number of fused-ring (bicyclic) bond motifs is 1. The first-order valence-corrected chi connectivity index (χ1v) is 8.43. The maximum Gasteiger partial charge on any atom is 0.257 e. The number of methoxy groups -OCH3 is 1. The first-order chi connectivity index (χ1) is 13.2. The summed E-state index contributed by atoms with van der Waals surface area (Å²) in [4.78, 5) is 16.8. The highest BCUT2D eigenvalue weighted by Gasteiger charge is 2.10. The molecule has 1 amide bonds. The minimum Gasteiger partial charge on any atom is -0.497 e. The Morgan fingerprint density at radius 3 is 2.59 bits per heavy atom. The van der Waals surface area contributed by atoms with E-state index in [1.165, 1.54) is 0 Å². The fraction of sp³-hybridized carbons (Fsp3) is 0.0476. The lowest BCUT2D eigenvalue weighted by Gasteiger charge is -2.09. The Labute approximate surface area is 156 Å².